The van der Waals surface area contributed by atoms with Crippen LogP contribution in [0.15, 0.2) is 41.3 Å². The molecule has 222 valence electrons. The Morgan fingerprint density at radius 2 is 1.62 bits per heavy atom. The molecule has 0 aliphatic heterocycles. The van der Waals surface area contributed by atoms with E-state index in [1.165, 1.54) is 61.4 Å². The minimum Gasteiger partial charge on any atom is -0.326 e. The molecule has 0 saturated carbocycles. The molecule has 8 nitrogen and oxygen atoms in total. The fourth-order valence-electron chi connectivity index (χ4n) is 3.80. The van der Waals surface area contributed by atoms with Gasteiger partial charge in [-0.15, -0.1) is 0 Å². The monoisotopic (exact) mass is 602 g/mol. The predicted molar refractivity (Wildman–Crippen MR) is 155 cm³/mol. The van der Waals surface area contributed by atoms with Crippen molar-refractivity contribution in [1.29, 1.82) is 0 Å². The zero-order valence-corrected chi connectivity index (χ0v) is 24.7. The average molecular weight is 603 g/mol. The molecule has 2 aromatic rings. The second-order valence-corrected chi connectivity index (χ2v) is 12.7. The maximum atomic E-state index is 13.1. The third-order valence-electron chi connectivity index (χ3n) is 6.00. The molecule has 1 atom stereocenters. The highest BCUT2D eigenvalue weighted by Crippen LogP contribution is 2.27. The van der Waals surface area contributed by atoms with E-state index in [1.54, 1.807) is 31.7 Å². The highest BCUT2D eigenvalue weighted by atomic mass is 32.2. The summed E-state index contributed by atoms with van der Waals surface area (Å²) in [5, 5.41) is 3.29. The molecule has 2 aromatic carbocycles. The van der Waals surface area contributed by atoms with Gasteiger partial charge in [0, 0.05) is 28.8 Å². The zero-order chi connectivity index (χ0) is 29.9. The van der Waals surface area contributed by atoms with E-state index in [0.29, 0.717) is 28.7 Å². The lowest BCUT2D eigenvalue weighted by molar-refractivity contribution is -0.173. The molecule has 0 spiro atoms. The summed E-state index contributed by atoms with van der Waals surface area (Å²) in [4.78, 5) is 23.5. The SMILES string of the molecule is CCCCCCC(C)SCCC(=O)Nc1cc(S(=O)(=O)Nc2ccc(NNC(=O)C(F)(F)F)cc2)c(C)cc1C. The van der Waals surface area contributed by atoms with Gasteiger partial charge in [0.1, 0.15) is 0 Å². The first-order chi connectivity index (χ1) is 18.7. The molecule has 2 rings (SSSR count). The Bertz CT molecular complexity index is 1250. The Balaban J connectivity index is 1.99. The van der Waals surface area contributed by atoms with E-state index in [0.717, 1.165) is 12.0 Å². The molecule has 0 aliphatic carbocycles. The van der Waals surface area contributed by atoms with Crippen molar-refractivity contribution < 1.29 is 31.2 Å². The van der Waals surface area contributed by atoms with E-state index in [-0.39, 0.29) is 22.2 Å². The number of hydrazine groups is 1. The minimum atomic E-state index is -5.04. The lowest BCUT2D eigenvalue weighted by atomic mass is 10.1. The lowest BCUT2D eigenvalue weighted by Crippen LogP contribution is -2.40. The van der Waals surface area contributed by atoms with Gasteiger partial charge in [0.25, 0.3) is 10.0 Å². The molecule has 40 heavy (non-hydrogen) atoms. The number of hydrogen-bond donors (Lipinski definition) is 4. The normalized spacial score (nSPS) is 12.5. The molecule has 0 aliphatic rings. The van der Waals surface area contributed by atoms with Crippen LogP contribution >= 0.6 is 11.8 Å². The van der Waals surface area contributed by atoms with Crippen LogP contribution in [-0.2, 0) is 19.6 Å². The molecular formula is C27H37F3N4O4S2. The largest absolute Gasteiger partial charge is 0.472 e. The van der Waals surface area contributed by atoms with Gasteiger partial charge in [-0.3, -0.25) is 25.2 Å². The van der Waals surface area contributed by atoms with Crippen LogP contribution in [0.25, 0.3) is 0 Å². The molecule has 13 heteroatoms. The van der Waals surface area contributed by atoms with Gasteiger partial charge in [-0.05, 0) is 61.7 Å². The average Bonchev–Trinajstić information content (AvgIpc) is 2.86. The molecule has 0 radical (unpaired) electrons. The van der Waals surface area contributed by atoms with Gasteiger partial charge in [0.2, 0.25) is 5.91 Å². The van der Waals surface area contributed by atoms with E-state index in [1.807, 2.05) is 0 Å². The van der Waals surface area contributed by atoms with Crippen LogP contribution in [0.1, 0.15) is 63.5 Å². The Hall–Kier alpha value is -2.93. The third kappa shape index (κ3) is 10.9. The van der Waals surface area contributed by atoms with Gasteiger partial charge in [-0.25, -0.2) is 8.42 Å². The van der Waals surface area contributed by atoms with Gasteiger partial charge in [-0.1, -0.05) is 45.6 Å². The Morgan fingerprint density at radius 3 is 2.25 bits per heavy atom. The van der Waals surface area contributed by atoms with Crippen molar-refractivity contribution in [2.24, 2.45) is 0 Å². The number of anilines is 3. The molecule has 0 heterocycles. The molecule has 2 amide bonds. The Labute approximate surface area is 238 Å². The first-order valence-electron chi connectivity index (χ1n) is 13.0. The van der Waals surface area contributed by atoms with Crippen LogP contribution in [0, 0.1) is 13.8 Å². The van der Waals surface area contributed by atoms with Gasteiger partial charge >= 0.3 is 12.1 Å². The summed E-state index contributed by atoms with van der Waals surface area (Å²) < 4.78 is 65.6. The number of sulfonamides is 1. The summed E-state index contributed by atoms with van der Waals surface area (Å²) >= 11 is 1.75. The van der Waals surface area contributed by atoms with E-state index in [4.69, 9.17) is 0 Å². The van der Waals surface area contributed by atoms with E-state index in [2.05, 4.69) is 29.3 Å². The topological polar surface area (TPSA) is 116 Å². The van der Waals surface area contributed by atoms with Crippen molar-refractivity contribution in [3.8, 4) is 0 Å². The number of benzene rings is 2. The number of unbranched alkanes of at least 4 members (excludes halogenated alkanes) is 3. The van der Waals surface area contributed by atoms with Crippen LogP contribution in [-0.4, -0.2) is 37.4 Å². The summed E-state index contributed by atoms with van der Waals surface area (Å²) in [7, 11) is -4.06. The molecule has 0 aromatic heterocycles. The van der Waals surface area contributed by atoms with Crippen LogP contribution in [0.5, 0.6) is 0 Å². The van der Waals surface area contributed by atoms with Gasteiger partial charge in [0.05, 0.1) is 10.6 Å². The molecule has 0 fully saturated rings. The number of amides is 2. The summed E-state index contributed by atoms with van der Waals surface area (Å²) in [5.74, 6) is -1.70. The Kier molecular flexibility index (Phi) is 12.6. The summed E-state index contributed by atoms with van der Waals surface area (Å²) in [6.07, 6.45) is 1.22. The number of rotatable bonds is 15. The number of thioether (sulfide) groups is 1. The number of halogens is 3. The van der Waals surface area contributed by atoms with Crippen LogP contribution < -0.4 is 20.9 Å². The quantitative estimate of drug-likeness (QED) is 0.136. The van der Waals surface area contributed by atoms with Crippen molar-refractivity contribution in [1.82, 2.24) is 5.43 Å². The van der Waals surface area contributed by atoms with E-state index >= 15 is 0 Å². The Morgan fingerprint density at radius 1 is 0.975 bits per heavy atom. The standard InChI is InChI=1S/C27H37F3N4O4S2/c1-5-6-7-8-9-20(4)39-15-14-25(35)31-23-17-24(19(3)16-18(23)2)40(37,38)34-22-12-10-21(11-13-22)32-33-26(36)27(28,29)30/h10-13,16-17,20,32,34H,5-9,14-15H2,1-4H3,(H,31,35)(H,33,36). The number of hydrogen-bond acceptors (Lipinski definition) is 6. The van der Waals surface area contributed by atoms with Crippen molar-refractivity contribution in [3.05, 3.63) is 47.5 Å². The van der Waals surface area contributed by atoms with Crippen LogP contribution in [0.4, 0.5) is 30.2 Å². The number of aryl methyl sites for hydroxylation is 2. The van der Waals surface area contributed by atoms with Crippen LogP contribution in [0.3, 0.4) is 0 Å². The van der Waals surface area contributed by atoms with Crippen molar-refractivity contribution in [2.45, 2.75) is 82.5 Å². The van der Waals surface area contributed by atoms with Crippen molar-refractivity contribution in [3.63, 3.8) is 0 Å². The maximum Gasteiger partial charge on any atom is 0.472 e. The van der Waals surface area contributed by atoms with Crippen molar-refractivity contribution >= 4 is 50.7 Å². The summed E-state index contributed by atoms with van der Waals surface area (Å²) in [6, 6.07) is 8.34. The molecule has 1 unspecified atom stereocenters. The number of alkyl halides is 3. The lowest BCUT2D eigenvalue weighted by Gasteiger charge is -2.16. The molecular weight excluding hydrogens is 565 g/mol. The fourth-order valence-corrected chi connectivity index (χ4v) is 6.15. The highest BCUT2D eigenvalue weighted by molar-refractivity contribution is 7.99. The van der Waals surface area contributed by atoms with Crippen molar-refractivity contribution in [2.75, 3.05) is 21.2 Å². The summed E-state index contributed by atoms with van der Waals surface area (Å²) in [5.41, 5.74) is 5.47. The second kappa shape index (κ2) is 15.2. The number of carbonyl (C=O) groups is 2. The van der Waals surface area contributed by atoms with Crippen LogP contribution in [0.2, 0.25) is 0 Å². The molecule has 0 bridgehead atoms. The fraction of sp³-hybridized carbons (Fsp3) is 0.481. The second-order valence-electron chi connectivity index (χ2n) is 9.52. The molecule has 4 N–H and O–H groups in total. The number of nitrogens with one attached hydrogen (secondary N) is 4. The van der Waals surface area contributed by atoms with Gasteiger partial charge < -0.3 is 5.32 Å². The minimum absolute atomic E-state index is 0.0249. The zero-order valence-electron chi connectivity index (χ0n) is 23.1. The first kappa shape index (κ1) is 33.3. The smallest absolute Gasteiger partial charge is 0.326 e. The summed E-state index contributed by atoms with van der Waals surface area (Å²) in [6.45, 7) is 7.77. The van der Waals surface area contributed by atoms with Gasteiger partial charge in [-0.2, -0.15) is 24.9 Å². The van der Waals surface area contributed by atoms with E-state index < -0.39 is 22.1 Å². The highest BCUT2D eigenvalue weighted by Gasteiger charge is 2.38. The number of carbonyl (C=O) groups excluding carboxylic acids is 2. The third-order valence-corrected chi connectivity index (χ3v) is 8.76. The first-order valence-corrected chi connectivity index (χ1v) is 15.5. The maximum absolute atomic E-state index is 13.1. The van der Waals surface area contributed by atoms with Gasteiger partial charge in [0.15, 0.2) is 0 Å². The van der Waals surface area contributed by atoms with E-state index in [9.17, 15) is 31.2 Å². The predicted octanol–water partition coefficient (Wildman–Crippen LogP) is 6.53. The molecule has 0 saturated heterocycles.